The molecule has 2 rings (SSSR count). The van der Waals surface area contributed by atoms with Crippen molar-refractivity contribution in [3.05, 3.63) is 46.5 Å². The minimum absolute atomic E-state index is 0.0412. The van der Waals surface area contributed by atoms with Gasteiger partial charge in [-0.2, -0.15) is 0 Å². The number of carbonyl (C=O) groups excluding carboxylic acids is 2. The van der Waals surface area contributed by atoms with Gasteiger partial charge in [0.1, 0.15) is 5.57 Å². The van der Waals surface area contributed by atoms with Gasteiger partial charge in [0.15, 0.2) is 0 Å². The number of carbonyl (C=O) groups is 2. The minimum Gasteiger partial charge on any atom is -0.465 e. The number of methoxy groups -OCH3 is 2. The van der Waals surface area contributed by atoms with E-state index in [-0.39, 0.29) is 5.57 Å². The Morgan fingerprint density at radius 1 is 0.947 bits per heavy atom. The fourth-order valence-electron chi connectivity index (χ4n) is 2.37. The average molecular weight is 260 g/mol. The lowest BCUT2D eigenvalue weighted by molar-refractivity contribution is -0.144. The summed E-state index contributed by atoms with van der Waals surface area (Å²) in [6.07, 6.45) is 2.09. The van der Waals surface area contributed by atoms with Gasteiger partial charge in [-0.05, 0) is 36.0 Å². The van der Waals surface area contributed by atoms with E-state index in [1.165, 1.54) is 19.8 Å². The molecule has 1 aromatic rings. The van der Waals surface area contributed by atoms with Crippen LogP contribution in [0.15, 0.2) is 35.4 Å². The average Bonchev–Trinajstić information content (AvgIpc) is 2.46. The van der Waals surface area contributed by atoms with Crippen LogP contribution in [0.4, 0.5) is 0 Å². The van der Waals surface area contributed by atoms with Crippen molar-refractivity contribution in [2.75, 3.05) is 14.2 Å². The van der Waals surface area contributed by atoms with Crippen LogP contribution in [0.25, 0.3) is 0 Å². The van der Waals surface area contributed by atoms with E-state index >= 15 is 0 Å². The summed E-state index contributed by atoms with van der Waals surface area (Å²) >= 11 is 0. The Kier molecular flexibility index (Phi) is 4.00. The van der Waals surface area contributed by atoms with Gasteiger partial charge in [-0.15, -0.1) is 0 Å². The molecule has 100 valence electrons. The van der Waals surface area contributed by atoms with E-state index in [0.717, 1.165) is 17.6 Å². The van der Waals surface area contributed by atoms with Crippen LogP contribution >= 0.6 is 0 Å². The predicted octanol–water partition coefficient (Wildman–Crippen LogP) is 1.82. The first-order chi connectivity index (χ1) is 9.17. The lowest BCUT2D eigenvalue weighted by Gasteiger charge is -2.20. The minimum atomic E-state index is -0.624. The highest BCUT2D eigenvalue weighted by molar-refractivity contribution is 6.14. The maximum atomic E-state index is 11.7. The molecule has 0 spiro atoms. The zero-order chi connectivity index (χ0) is 13.8. The molecule has 0 fully saturated rings. The summed E-state index contributed by atoms with van der Waals surface area (Å²) < 4.78 is 9.36. The van der Waals surface area contributed by atoms with Gasteiger partial charge in [-0.3, -0.25) is 0 Å². The molecule has 0 radical (unpaired) electrons. The normalized spacial score (nSPS) is 13.5. The third-order valence-electron chi connectivity index (χ3n) is 3.35. The largest absolute Gasteiger partial charge is 0.465 e. The Morgan fingerprint density at radius 2 is 1.53 bits per heavy atom. The van der Waals surface area contributed by atoms with Crippen LogP contribution in [0.2, 0.25) is 0 Å². The number of allylic oxidation sites excluding steroid dienone is 1. The molecular formula is C15H16O4. The SMILES string of the molecule is COC(=O)C(C(=O)OC)=C1CCc2ccccc2C1. The summed E-state index contributed by atoms with van der Waals surface area (Å²) in [7, 11) is 2.53. The molecule has 0 saturated carbocycles. The van der Waals surface area contributed by atoms with Crippen LogP contribution in [0.5, 0.6) is 0 Å². The highest BCUT2D eigenvalue weighted by Crippen LogP contribution is 2.27. The van der Waals surface area contributed by atoms with Gasteiger partial charge in [0.05, 0.1) is 14.2 Å². The number of rotatable bonds is 2. The van der Waals surface area contributed by atoms with Crippen LogP contribution in [0.1, 0.15) is 17.5 Å². The van der Waals surface area contributed by atoms with Crippen molar-refractivity contribution in [1.82, 2.24) is 0 Å². The van der Waals surface area contributed by atoms with E-state index in [1.54, 1.807) is 0 Å². The number of fused-ring (bicyclic) bond motifs is 1. The number of esters is 2. The number of aryl methyl sites for hydroxylation is 1. The molecular weight excluding hydrogens is 244 g/mol. The topological polar surface area (TPSA) is 52.6 Å². The van der Waals surface area contributed by atoms with E-state index in [1.807, 2.05) is 18.2 Å². The second kappa shape index (κ2) is 5.69. The number of hydrogen-bond donors (Lipinski definition) is 0. The molecule has 0 bridgehead atoms. The summed E-state index contributed by atoms with van der Waals surface area (Å²) in [5, 5.41) is 0. The van der Waals surface area contributed by atoms with Crippen molar-refractivity contribution in [3.8, 4) is 0 Å². The van der Waals surface area contributed by atoms with Crippen LogP contribution in [-0.2, 0) is 31.9 Å². The van der Waals surface area contributed by atoms with Gasteiger partial charge in [-0.1, -0.05) is 24.3 Å². The van der Waals surface area contributed by atoms with Crippen LogP contribution < -0.4 is 0 Å². The molecule has 0 atom stereocenters. The Hall–Kier alpha value is -2.10. The van der Waals surface area contributed by atoms with Gasteiger partial charge in [0.25, 0.3) is 0 Å². The van der Waals surface area contributed by atoms with Gasteiger partial charge in [0, 0.05) is 0 Å². The lowest BCUT2D eigenvalue weighted by Crippen LogP contribution is -2.21. The maximum absolute atomic E-state index is 11.7. The summed E-state index contributed by atoms with van der Waals surface area (Å²) in [5.74, 6) is -1.25. The van der Waals surface area contributed by atoms with Crippen molar-refractivity contribution in [3.63, 3.8) is 0 Å². The first-order valence-corrected chi connectivity index (χ1v) is 6.12. The molecule has 1 aliphatic rings. The van der Waals surface area contributed by atoms with E-state index in [4.69, 9.17) is 0 Å². The number of ether oxygens (including phenoxy) is 2. The van der Waals surface area contributed by atoms with Crippen molar-refractivity contribution < 1.29 is 19.1 Å². The van der Waals surface area contributed by atoms with E-state index in [9.17, 15) is 9.59 Å². The zero-order valence-corrected chi connectivity index (χ0v) is 11.1. The number of benzene rings is 1. The molecule has 4 heteroatoms. The van der Waals surface area contributed by atoms with Crippen molar-refractivity contribution >= 4 is 11.9 Å². The first kappa shape index (κ1) is 13.3. The summed E-state index contributed by atoms with van der Waals surface area (Å²) in [6, 6.07) is 8.04. The Labute approximate surface area is 112 Å². The third kappa shape index (κ3) is 2.67. The third-order valence-corrected chi connectivity index (χ3v) is 3.35. The summed E-state index contributed by atoms with van der Waals surface area (Å²) in [5.41, 5.74) is 3.24. The van der Waals surface area contributed by atoms with E-state index in [0.29, 0.717) is 12.8 Å². The maximum Gasteiger partial charge on any atom is 0.345 e. The summed E-state index contributed by atoms with van der Waals surface area (Å²) in [6.45, 7) is 0. The molecule has 1 aliphatic carbocycles. The Bertz CT molecular complexity index is 525. The molecule has 0 unspecified atom stereocenters. The van der Waals surface area contributed by atoms with Crippen molar-refractivity contribution in [2.45, 2.75) is 19.3 Å². The van der Waals surface area contributed by atoms with Gasteiger partial charge in [-0.25, -0.2) is 9.59 Å². The second-order valence-corrected chi connectivity index (χ2v) is 4.41. The molecule has 0 aromatic heterocycles. The molecule has 19 heavy (non-hydrogen) atoms. The highest BCUT2D eigenvalue weighted by atomic mass is 16.5. The standard InChI is InChI=1S/C15H16O4/c1-18-14(16)13(15(17)19-2)12-8-7-10-5-3-4-6-11(10)9-12/h3-6H,7-9H2,1-2H3. The Balaban J connectivity index is 2.40. The summed E-state index contributed by atoms with van der Waals surface area (Å²) in [4.78, 5) is 23.5. The molecule has 0 aliphatic heterocycles. The van der Waals surface area contributed by atoms with Crippen LogP contribution in [0, 0.1) is 0 Å². The molecule has 4 nitrogen and oxygen atoms in total. The van der Waals surface area contributed by atoms with Crippen molar-refractivity contribution in [2.24, 2.45) is 0 Å². The van der Waals surface area contributed by atoms with Crippen molar-refractivity contribution in [1.29, 1.82) is 0 Å². The van der Waals surface area contributed by atoms with Gasteiger partial charge < -0.3 is 9.47 Å². The van der Waals surface area contributed by atoms with E-state index < -0.39 is 11.9 Å². The number of hydrogen-bond acceptors (Lipinski definition) is 4. The molecule has 0 N–H and O–H groups in total. The van der Waals surface area contributed by atoms with Crippen LogP contribution in [-0.4, -0.2) is 26.2 Å². The first-order valence-electron chi connectivity index (χ1n) is 6.12. The Morgan fingerprint density at radius 3 is 2.11 bits per heavy atom. The van der Waals surface area contributed by atoms with Gasteiger partial charge in [0.2, 0.25) is 0 Å². The monoisotopic (exact) mass is 260 g/mol. The van der Waals surface area contributed by atoms with E-state index in [2.05, 4.69) is 15.5 Å². The fraction of sp³-hybridized carbons (Fsp3) is 0.333. The molecule has 0 saturated heterocycles. The molecule has 1 aromatic carbocycles. The lowest BCUT2D eigenvalue weighted by atomic mass is 9.85. The van der Waals surface area contributed by atoms with Crippen LogP contribution in [0.3, 0.4) is 0 Å². The van der Waals surface area contributed by atoms with Gasteiger partial charge >= 0.3 is 11.9 Å². The quantitative estimate of drug-likeness (QED) is 0.352. The highest BCUT2D eigenvalue weighted by Gasteiger charge is 2.26. The predicted molar refractivity (Wildman–Crippen MR) is 69.5 cm³/mol. The zero-order valence-electron chi connectivity index (χ0n) is 11.1. The molecule has 0 heterocycles. The smallest absolute Gasteiger partial charge is 0.345 e. The molecule has 0 amide bonds. The second-order valence-electron chi connectivity index (χ2n) is 4.41. The fourth-order valence-corrected chi connectivity index (χ4v) is 2.37.